The molecule has 4 rings (SSSR count). The average molecular weight is 672 g/mol. The van der Waals surface area contributed by atoms with Gasteiger partial charge in [-0.2, -0.15) is 0 Å². The molecule has 3 atom stereocenters. The topological polar surface area (TPSA) is 83.1 Å². The van der Waals surface area contributed by atoms with Crippen molar-refractivity contribution < 1.29 is 19.4 Å². The van der Waals surface area contributed by atoms with Crippen LogP contribution in [0.2, 0.25) is 0 Å². The van der Waals surface area contributed by atoms with Crippen LogP contribution in [-0.2, 0) is 22.6 Å². The predicted molar refractivity (Wildman–Crippen MR) is 200 cm³/mol. The van der Waals surface area contributed by atoms with Crippen LogP contribution in [0.4, 0.5) is 10.5 Å². The van der Waals surface area contributed by atoms with E-state index in [4.69, 9.17) is 9.47 Å². The maximum absolute atomic E-state index is 12.7. The molecule has 1 aliphatic rings. The second-order valence-corrected chi connectivity index (χ2v) is 13.6. The highest BCUT2D eigenvalue weighted by Crippen LogP contribution is 2.38. The first kappa shape index (κ1) is 38.6. The Kier molecular flexibility index (Phi) is 17.7. The van der Waals surface area contributed by atoms with E-state index in [0.717, 1.165) is 48.3 Å². The first-order chi connectivity index (χ1) is 24.1. The number of hydrogen-bond donors (Lipinski definition) is 3. The number of carbonyl (C=O) groups excluding carboxylic acids is 1. The van der Waals surface area contributed by atoms with E-state index < -0.39 is 6.29 Å². The number of nitrogens with zero attached hydrogens (tertiary/aromatic N) is 1. The molecule has 49 heavy (non-hydrogen) atoms. The van der Waals surface area contributed by atoms with Crippen LogP contribution in [0, 0.1) is 0 Å². The highest BCUT2D eigenvalue weighted by Gasteiger charge is 2.33. The Bertz CT molecular complexity index is 1300. The fourth-order valence-corrected chi connectivity index (χ4v) is 6.56. The summed E-state index contributed by atoms with van der Waals surface area (Å²) < 4.78 is 13.4. The van der Waals surface area contributed by atoms with Crippen LogP contribution < -0.4 is 10.6 Å². The molecule has 7 heteroatoms. The van der Waals surface area contributed by atoms with E-state index in [-0.39, 0.29) is 24.8 Å². The van der Waals surface area contributed by atoms with Gasteiger partial charge in [-0.1, -0.05) is 145 Å². The summed E-state index contributed by atoms with van der Waals surface area (Å²) in [5, 5.41) is 15.5. The molecule has 0 saturated carbocycles. The molecule has 3 aromatic carbocycles. The van der Waals surface area contributed by atoms with E-state index in [0.29, 0.717) is 12.2 Å². The van der Waals surface area contributed by atoms with Crippen LogP contribution in [0.1, 0.15) is 132 Å². The Hall–Kier alpha value is -3.23. The molecule has 268 valence electrons. The predicted octanol–water partition coefficient (Wildman–Crippen LogP) is 10.1. The molecule has 0 radical (unpaired) electrons. The molecular weight excluding hydrogens is 610 g/mol. The number of hydrogen-bond acceptors (Lipinski definition) is 5. The fourth-order valence-electron chi connectivity index (χ4n) is 6.56. The number of nitrogens with one attached hydrogen (secondary N) is 2. The Morgan fingerprint density at radius 1 is 0.735 bits per heavy atom. The zero-order chi connectivity index (χ0) is 34.5. The highest BCUT2D eigenvalue weighted by atomic mass is 16.7. The number of carbonyl (C=O) groups is 1. The summed E-state index contributed by atoms with van der Waals surface area (Å²) in [6.07, 6.45) is 15.5. The quantitative estimate of drug-likeness (QED) is 0.0927. The van der Waals surface area contributed by atoms with Gasteiger partial charge in [0.05, 0.1) is 18.8 Å². The smallest absolute Gasteiger partial charge is 0.319 e. The van der Waals surface area contributed by atoms with Crippen LogP contribution in [0.15, 0.2) is 78.9 Å². The second-order valence-electron chi connectivity index (χ2n) is 13.6. The maximum atomic E-state index is 12.7. The van der Waals surface area contributed by atoms with Crippen LogP contribution in [0.25, 0.3) is 0 Å². The van der Waals surface area contributed by atoms with Crippen LogP contribution in [0.3, 0.4) is 0 Å². The van der Waals surface area contributed by atoms with Gasteiger partial charge in [0, 0.05) is 30.8 Å². The molecular formula is C42H61N3O4. The van der Waals surface area contributed by atoms with Crippen molar-refractivity contribution >= 4 is 11.7 Å². The van der Waals surface area contributed by atoms with Crippen molar-refractivity contribution in [2.24, 2.45) is 0 Å². The van der Waals surface area contributed by atoms with Crippen LogP contribution >= 0.6 is 0 Å². The average Bonchev–Trinajstić information content (AvgIpc) is 3.14. The van der Waals surface area contributed by atoms with Gasteiger partial charge in [0.1, 0.15) is 0 Å². The molecule has 7 nitrogen and oxygen atoms in total. The minimum atomic E-state index is -0.569. The van der Waals surface area contributed by atoms with Gasteiger partial charge in [0.2, 0.25) is 0 Å². The van der Waals surface area contributed by atoms with Crippen molar-refractivity contribution in [2.75, 3.05) is 25.0 Å². The maximum Gasteiger partial charge on any atom is 0.319 e. The van der Waals surface area contributed by atoms with E-state index in [1.807, 2.05) is 66.7 Å². The first-order valence-electron chi connectivity index (χ1n) is 19.0. The third-order valence-electron chi connectivity index (χ3n) is 9.45. The van der Waals surface area contributed by atoms with Crippen molar-refractivity contribution in [1.29, 1.82) is 0 Å². The number of aliphatic hydroxyl groups excluding tert-OH is 1. The molecule has 3 N–H and O–H groups in total. The number of benzene rings is 3. The standard InChI is InChI=1S/C42H61N3O4/c1-3-5-7-9-11-16-27-45(28-17-12-10-8-6-4-2)32-39-30-40(36-25-23-35(33-46)24-26-36)49-41(48-39)37-21-18-22-38(29-37)44-42(47)43-31-34-19-14-13-15-20-34/h13-15,18-26,29,39-41,46H,3-12,16-17,27-28,30-33H2,1-2H3,(H2,43,44,47)/t39-,40+,41+/m0/s1. The van der Waals surface area contributed by atoms with Gasteiger partial charge in [0.25, 0.3) is 0 Å². The van der Waals surface area contributed by atoms with Crippen LogP contribution in [-0.4, -0.2) is 41.8 Å². The van der Waals surface area contributed by atoms with Gasteiger partial charge < -0.3 is 30.1 Å². The zero-order valence-electron chi connectivity index (χ0n) is 30.1. The minimum absolute atomic E-state index is 0.00719. The third kappa shape index (κ3) is 14.3. The minimum Gasteiger partial charge on any atom is -0.392 e. The van der Waals surface area contributed by atoms with Gasteiger partial charge in [-0.15, -0.1) is 0 Å². The van der Waals surface area contributed by atoms with E-state index in [9.17, 15) is 9.90 Å². The van der Waals surface area contributed by atoms with Crippen molar-refractivity contribution in [3.63, 3.8) is 0 Å². The van der Waals surface area contributed by atoms with E-state index in [1.165, 1.54) is 77.0 Å². The van der Waals surface area contributed by atoms with Crippen molar-refractivity contribution in [3.05, 3.63) is 101 Å². The summed E-state index contributed by atoms with van der Waals surface area (Å²) in [5.41, 5.74) is 4.58. The molecule has 0 spiro atoms. The van der Waals surface area contributed by atoms with Gasteiger partial charge in [-0.05, 0) is 54.8 Å². The zero-order valence-corrected chi connectivity index (χ0v) is 30.1. The van der Waals surface area contributed by atoms with E-state index >= 15 is 0 Å². The van der Waals surface area contributed by atoms with Crippen molar-refractivity contribution in [1.82, 2.24) is 10.2 Å². The van der Waals surface area contributed by atoms with E-state index in [2.05, 4.69) is 41.5 Å². The Morgan fingerprint density at radius 3 is 2.04 bits per heavy atom. The molecule has 0 unspecified atom stereocenters. The summed E-state index contributed by atoms with van der Waals surface area (Å²) in [6.45, 7) is 8.08. The molecule has 0 aromatic heterocycles. The van der Waals surface area contributed by atoms with Crippen molar-refractivity contribution in [3.8, 4) is 0 Å². The number of urea groups is 1. The molecule has 0 bridgehead atoms. The lowest BCUT2D eigenvalue weighted by molar-refractivity contribution is -0.253. The van der Waals surface area contributed by atoms with Gasteiger partial charge in [-0.3, -0.25) is 0 Å². The highest BCUT2D eigenvalue weighted by molar-refractivity contribution is 5.89. The second kappa shape index (κ2) is 22.5. The Balaban J connectivity index is 1.44. The summed E-state index contributed by atoms with van der Waals surface area (Å²) in [5.74, 6) is 0. The molecule has 1 saturated heterocycles. The number of aliphatic hydroxyl groups is 1. The van der Waals surface area contributed by atoms with Gasteiger partial charge >= 0.3 is 6.03 Å². The lowest BCUT2D eigenvalue weighted by Crippen LogP contribution is -2.40. The monoisotopic (exact) mass is 671 g/mol. The van der Waals surface area contributed by atoms with Crippen LogP contribution in [0.5, 0.6) is 0 Å². The summed E-state index contributed by atoms with van der Waals surface area (Å²) in [6, 6.07) is 25.5. The summed E-state index contributed by atoms with van der Waals surface area (Å²) >= 11 is 0. The lowest BCUT2D eigenvalue weighted by Gasteiger charge is -2.38. The molecule has 3 aromatic rings. The number of amides is 2. The normalized spacial score (nSPS) is 17.7. The number of unbranched alkanes of at least 4 members (excludes halogenated alkanes) is 10. The number of anilines is 1. The summed E-state index contributed by atoms with van der Waals surface area (Å²) in [7, 11) is 0. The molecule has 1 aliphatic heterocycles. The number of rotatable bonds is 22. The lowest BCUT2D eigenvalue weighted by atomic mass is 9.99. The molecule has 1 heterocycles. The molecule has 0 aliphatic carbocycles. The van der Waals surface area contributed by atoms with Gasteiger partial charge in [-0.25, -0.2) is 4.79 Å². The Morgan fingerprint density at radius 2 is 1.39 bits per heavy atom. The number of ether oxygens (including phenoxy) is 2. The molecule has 2 amide bonds. The van der Waals surface area contributed by atoms with Gasteiger partial charge in [0.15, 0.2) is 6.29 Å². The Labute approximate surface area is 295 Å². The largest absolute Gasteiger partial charge is 0.392 e. The fraction of sp³-hybridized carbons (Fsp3) is 0.548. The SMILES string of the molecule is CCCCCCCCN(CCCCCCCC)C[C@@H]1C[C@H](c2ccc(CO)cc2)O[C@H](c2cccc(NC(=O)NCc3ccccc3)c2)O1. The summed E-state index contributed by atoms with van der Waals surface area (Å²) in [4.78, 5) is 15.4. The van der Waals surface area contributed by atoms with E-state index in [1.54, 1.807) is 0 Å². The third-order valence-corrected chi connectivity index (χ3v) is 9.45. The first-order valence-corrected chi connectivity index (χ1v) is 19.0. The molecule has 1 fully saturated rings. The van der Waals surface area contributed by atoms with Crippen molar-refractivity contribution in [2.45, 2.75) is 129 Å².